The first kappa shape index (κ1) is 10.6. The summed E-state index contributed by atoms with van der Waals surface area (Å²) in [5.74, 6) is 0. The maximum atomic E-state index is 9.91. The molecule has 0 radical (unpaired) electrons. The van der Waals surface area contributed by atoms with Gasteiger partial charge < -0.3 is 9.84 Å². The first-order valence-electron chi connectivity index (χ1n) is 4.14. The molecule has 0 aliphatic heterocycles. The maximum Gasteiger partial charge on any atom is 0.118 e. The molecule has 0 saturated heterocycles. The van der Waals surface area contributed by atoms with Crippen LogP contribution in [0.1, 0.15) is 30.5 Å². The molecule has 0 aliphatic rings. The third kappa shape index (κ3) is 2.27. The predicted octanol–water partition coefficient (Wildman–Crippen LogP) is 1.91. The highest BCUT2D eigenvalue weighted by molar-refractivity contribution is 7.05. The number of aryl methyl sites for hydroxylation is 1. The van der Waals surface area contributed by atoms with E-state index < -0.39 is 11.7 Å². The molecule has 1 heterocycles. The van der Waals surface area contributed by atoms with E-state index in [1.807, 2.05) is 26.8 Å². The Morgan fingerprint density at radius 1 is 1.62 bits per heavy atom. The summed E-state index contributed by atoms with van der Waals surface area (Å²) in [6, 6.07) is 1.89. The molecule has 3 nitrogen and oxygen atoms in total. The first-order chi connectivity index (χ1) is 5.97. The molecular weight excluding hydrogens is 186 g/mol. The molecule has 0 amide bonds. The second-order valence-electron chi connectivity index (χ2n) is 3.58. The Labute approximate surface area is 82.5 Å². The molecule has 0 bridgehead atoms. The van der Waals surface area contributed by atoms with Gasteiger partial charge in [0.15, 0.2) is 0 Å². The van der Waals surface area contributed by atoms with E-state index in [1.165, 1.54) is 11.5 Å². The zero-order chi connectivity index (χ0) is 10.1. The number of hydrogen-bond acceptors (Lipinski definition) is 4. The molecule has 1 aromatic rings. The van der Waals surface area contributed by atoms with Gasteiger partial charge in [-0.3, -0.25) is 0 Å². The van der Waals surface area contributed by atoms with Gasteiger partial charge >= 0.3 is 0 Å². The fourth-order valence-electron chi connectivity index (χ4n) is 0.966. The minimum atomic E-state index is -0.608. The van der Waals surface area contributed by atoms with E-state index in [9.17, 15) is 5.11 Å². The highest BCUT2D eigenvalue weighted by Crippen LogP contribution is 2.30. The number of ether oxygens (including phenoxy) is 1. The molecule has 1 unspecified atom stereocenters. The van der Waals surface area contributed by atoms with Crippen molar-refractivity contribution in [3.63, 3.8) is 0 Å². The fourth-order valence-corrected chi connectivity index (χ4v) is 1.88. The molecule has 0 fully saturated rings. The van der Waals surface area contributed by atoms with Crippen LogP contribution in [0.2, 0.25) is 0 Å². The summed E-state index contributed by atoms with van der Waals surface area (Å²) in [7, 11) is 1.59. The molecule has 1 aromatic heterocycles. The minimum absolute atomic E-state index is 0.557. The maximum absolute atomic E-state index is 9.91. The Morgan fingerprint density at radius 3 is 2.62 bits per heavy atom. The molecule has 74 valence electrons. The summed E-state index contributed by atoms with van der Waals surface area (Å²) >= 11 is 1.32. The molecule has 0 aromatic carbocycles. The van der Waals surface area contributed by atoms with Crippen molar-refractivity contribution >= 4 is 11.5 Å². The van der Waals surface area contributed by atoms with Gasteiger partial charge in [0.1, 0.15) is 6.10 Å². The number of methoxy groups -OCH3 is 1. The van der Waals surface area contributed by atoms with Gasteiger partial charge in [-0.05, 0) is 38.4 Å². The van der Waals surface area contributed by atoms with Gasteiger partial charge in [-0.15, -0.1) is 0 Å². The van der Waals surface area contributed by atoms with Gasteiger partial charge in [0, 0.05) is 7.11 Å². The van der Waals surface area contributed by atoms with Crippen LogP contribution in [0.4, 0.5) is 0 Å². The number of rotatable bonds is 3. The molecule has 1 rings (SSSR count). The van der Waals surface area contributed by atoms with E-state index >= 15 is 0 Å². The van der Waals surface area contributed by atoms with Crippen molar-refractivity contribution in [2.75, 3.05) is 7.11 Å². The Morgan fingerprint density at radius 2 is 2.23 bits per heavy atom. The number of nitrogens with zero attached hydrogens (tertiary/aromatic N) is 1. The van der Waals surface area contributed by atoms with Gasteiger partial charge in [-0.1, -0.05) is 0 Å². The average Bonchev–Trinajstić information content (AvgIpc) is 2.50. The number of aliphatic hydroxyl groups is 1. The van der Waals surface area contributed by atoms with Crippen molar-refractivity contribution in [3.05, 3.63) is 16.6 Å². The summed E-state index contributed by atoms with van der Waals surface area (Å²) in [6.45, 7) is 5.62. The van der Waals surface area contributed by atoms with Crippen molar-refractivity contribution in [3.8, 4) is 0 Å². The summed E-state index contributed by atoms with van der Waals surface area (Å²) in [5.41, 5.74) is 0.379. The minimum Gasteiger partial charge on any atom is -0.385 e. The SMILES string of the molecule is COC(C)(C)C(O)c1cc(C)ns1. The van der Waals surface area contributed by atoms with Crippen LogP contribution in [0, 0.1) is 6.92 Å². The molecule has 0 aliphatic carbocycles. The Bertz CT molecular complexity index is 283. The van der Waals surface area contributed by atoms with Crippen LogP contribution < -0.4 is 0 Å². The zero-order valence-corrected chi connectivity index (χ0v) is 9.18. The number of aromatic nitrogens is 1. The topological polar surface area (TPSA) is 42.4 Å². The van der Waals surface area contributed by atoms with Gasteiger partial charge in [-0.2, -0.15) is 4.37 Å². The fraction of sp³-hybridized carbons (Fsp3) is 0.667. The highest BCUT2D eigenvalue weighted by Gasteiger charge is 2.30. The Balaban J connectivity index is 2.84. The van der Waals surface area contributed by atoms with Gasteiger partial charge in [0.2, 0.25) is 0 Å². The summed E-state index contributed by atoms with van der Waals surface area (Å²) in [4.78, 5) is 0.851. The van der Waals surface area contributed by atoms with E-state index in [-0.39, 0.29) is 0 Å². The van der Waals surface area contributed by atoms with E-state index in [2.05, 4.69) is 4.37 Å². The molecule has 0 saturated carbocycles. The predicted molar refractivity (Wildman–Crippen MR) is 52.9 cm³/mol. The molecule has 13 heavy (non-hydrogen) atoms. The average molecular weight is 201 g/mol. The quantitative estimate of drug-likeness (QED) is 0.812. The van der Waals surface area contributed by atoms with Crippen LogP contribution in [0.25, 0.3) is 0 Å². The highest BCUT2D eigenvalue weighted by atomic mass is 32.1. The Kier molecular flexibility index (Phi) is 3.05. The first-order valence-corrected chi connectivity index (χ1v) is 4.91. The normalized spacial score (nSPS) is 14.5. The van der Waals surface area contributed by atoms with Crippen LogP contribution in [-0.2, 0) is 4.74 Å². The van der Waals surface area contributed by atoms with Crippen molar-refractivity contribution in [2.45, 2.75) is 32.5 Å². The van der Waals surface area contributed by atoms with Crippen LogP contribution in [0.3, 0.4) is 0 Å². The lowest BCUT2D eigenvalue weighted by molar-refractivity contribution is -0.0778. The van der Waals surface area contributed by atoms with E-state index in [4.69, 9.17) is 4.74 Å². The molecule has 4 heteroatoms. The zero-order valence-electron chi connectivity index (χ0n) is 8.37. The monoisotopic (exact) mass is 201 g/mol. The Hall–Kier alpha value is -0.450. The third-order valence-corrected chi connectivity index (χ3v) is 3.03. The largest absolute Gasteiger partial charge is 0.385 e. The molecule has 1 atom stereocenters. The van der Waals surface area contributed by atoms with Crippen molar-refractivity contribution in [2.24, 2.45) is 0 Å². The number of aliphatic hydroxyl groups excluding tert-OH is 1. The number of hydrogen-bond donors (Lipinski definition) is 1. The van der Waals surface area contributed by atoms with Crippen LogP contribution >= 0.6 is 11.5 Å². The lowest BCUT2D eigenvalue weighted by atomic mass is 10.0. The van der Waals surface area contributed by atoms with E-state index in [0.717, 1.165) is 10.6 Å². The standard InChI is InChI=1S/C9H15NO2S/c1-6-5-7(13-10-6)8(11)9(2,3)12-4/h5,8,11H,1-4H3. The molecular formula is C9H15NO2S. The lowest BCUT2D eigenvalue weighted by Gasteiger charge is -2.27. The van der Waals surface area contributed by atoms with E-state index in [1.54, 1.807) is 7.11 Å². The van der Waals surface area contributed by atoms with Crippen LogP contribution in [0.5, 0.6) is 0 Å². The second kappa shape index (κ2) is 3.74. The van der Waals surface area contributed by atoms with Gasteiger partial charge in [0.05, 0.1) is 16.2 Å². The van der Waals surface area contributed by atoms with Crippen LogP contribution in [-0.4, -0.2) is 22.2 Å². The summed E-state index contributed by atoms with van der Waals surface area (Å²) in [6.07, 6.45) is -0.608. The summed E-state index contributed by atoms with van der Waals surface area (Å²) in [5, 5.41) is 9.91. The summed E-state index contributed by atoms with van der Waals surface area (Å²) < 4.78 is 9.30. The second-order valence-corrected chi connectivity index (χ2v) is 4.42. The van der Waals surface area contributed by atoms with E-state index in [0.29, 0.717) is 0 Å². The molecule has 1 N–H and O–H groups in total. The van der Waals surface area contributed by atoms with Gasteiger partial charge in [0.25, 0.3) is 0 Å². The third-order valence-electron chi connectivity index (χ3n) is 2.10. The van der Waals surface area contributed by atoms with Gasteiger partial charge in [-0.25, -0.2) is 0 Å². The van der Waals surface area contributed by atoms with Crippen molar-refractivity contribution in [1.82, 2.24) is 4.37 Å². The lowest BCUT2D eigenvalue weighted by Crippen LogP contribution is -2.30. The van der Waals surface area contributed by atoms with Crippen LogP contribution in [0.15, 0.2) is 6.07 Å². The van der Waals surface area contributed by atoms with Crippen molar-refractivity contribution in [1.29, 1.82) is 0 Å². The molecule has 0 spiro atoms. The van der Waals surface area contributed by atoms with Crippen molar-refractivity contribution < 1.29 is 9.84 Å². The smallest absolute Gasteiger partial charge is 0.118 e.